The molecule has 1 saturated heterocycles. The molecule has 0 spiro atoms. The molecule has 0 aromatic rings. The number of hydrogen-bond donors (Lipinski definition) is 0. The van der Waals surface area contributed by atoms with Crippen molar-refractivity contribution in [1.82, 2.24) is 0 Å². The molecule has 1 fully saturated rings. The highest BCUT2D eigenvalue weighted by molar-refractivity contribution is 8.07. The number of thioether (sulfide) groups is 4. The average molecular weight is 353 g/mol. The monoisotopic (exact) mass is 352 g/mol. The van der Waals surface area contributed by atoms with Crippen molar-refractivity contribution in [2.75, 3.05) is 34.5 Å². The Morgan fingerprint density at radius 1 is 0.700 bits per heavy atom. The van der Waals surface area contributed by atoms with E-state index in [-0.39, 0.29) is 0 Å². The molecule has 2 atom stereocenters. The summed E-state index contributed by atoms with van der Waals surface area (Å²) in [4.78, 5) is 0. The lowest BCUT2D eigenvalue weighted by Crippen LogP contribution is -2.13. The average Bonchev–Trinajstić information content (AvgIpc) is 2.45. The van der Waals surface area contributed by atoms with Gasteiger partial charge in [0.15, 0.2) is 0 Å². The van der Waals surface area contributed by atoms with Gasteiger partial charge in [-0.3, -0.25) is 0 Å². The Morgan fingerprint density at radius 3 is 1.55 bits per heavy atom. The highest BCUT2D eigenvalue weighted by Crippen LogP contribution is 2.28. The predicted molar refractivity (Wildman–Crippen MR) is 106 cm³/mol. The van der Waals surface area contributed by atoms with Crippen LogP contribution in [0.2, 0.25) is 0 Å². The van der Waals surface area contributed by atoms with Crippen LogP contribution in [0, 0.1) is 0 Å². The van der Waals surface area contributed by atoms with E-state index in [1.54, 1.807) is 0 Å². The van der Waals surface area contributed by atoms with Crippen LogP contribution in [0.15, 0.2) is 0 Å². The van der Waals surface area contributed by atoms with Crippen LogP contribution in [0.3, 0.4) is 0 Å². The maximum atomic E-state index is 2.32. The predicted octanol–water partition coefficient (Wildman–Crippen LogP) is 6.05. The standard InChI is InChI=1S/C16H32S4/c1-3-5-7-15-13-17-9-10-18-14-16(8-6-4-2)20-12-11-19-15/h15-16H,3-14H2,1-2H3. The summed E-state index contributed by atoms with van der Waals surface area (Å²) in [7, 11) is 0. The molecule has 0 saturated carbocycles. The maximum Gasteiger partial charge on any atom is 0.0138 e. The van der Waals surface area contributed by atoms with Crippen LogP contribution >= 0.6 is 47.0 Å². The smallest absolute Gasteiger partial charge is 0.0138 e. The Bertz CT molecular complexity index is 189. The van der Waals surface area contributed by atoms with Gasteiger partial charge in [0.05, 0.1) is 0 Å². The molecular formula is C16H32S4. The van der Waals surface area contributed by atoms with Crippen molar-refractivity contribution >= 4 is 47.0 Å². The molecule has 0 nitrogen and oxygen atoms in total. The van der Waals surface area contributed by atoms with Gasteiger partial charge in [-0.1, -0.05) is 39.5 Å². The lowest BCUT2D eigenvalue weighted by Gasteiger charge is -2.20. The Hall–Kier alpha value is 1.40. The lowest BCUT2D eigenvalue weighted by molar-refractivity contribution is 0.716. The van der Waals surface area contributed by atoms with Crippen LogP contribution in [-0.4, -0.2) is 45.0 Å². The van der Waals surface area contributed by atoms with Crippen molar-refractivity contribution in [3.63, 3.8) is 0 Å². The second-order valence-electron chi connectivity index (χ2n) is 5.42. The largest absolute Gasteiger partial charge is 0.160 e. The van der Waals surface area contributed by atoms with Crippen LogP contribution in [-0.2, 0) is 0 Å². The van der Waals surface area contributed by atoms with Gasteiger partial charge < -0.3 is 0 Å². The first-order valence-electron chi connectivity index (χ1n) is 8.25. The van der Waals surface area contributed by atoms with Gasteiger partial charge in [0.1, 0.15) is 0 Å². The summed E-state index contributed by atoms with van der Waals surface area (Å²) in [6, 6.07) is 0. The van der Waals surface area contributed by atoms with Crippen LogP contribution in [0.1, 0.15) is 52.4 Å². The van der Waals surface area contributed by atoms with Crippen LogP contribution in [0.5, 0.6) is 0 Å². The minimum atomic E-state index is 0.916. The minimum Gasteiger partial charge on any atom is -0.160 e. The van der Waals surface area contributed by atoms with Crippen molar-refractivity contribution in [2.24, 2.45) is 0 Å². The molecule has 1 aliphatic heterocycles. The third kappa shape index (κ3) is 10.2. The van der Waals surface area contributed by atoms with Crippen molar-refractivity contribution in [3.05, 3.63) is 0 Å². The van der Waals surface area contributed by atoms with E-state index in [1.807, 2.05) is 0 Å². The second-order valence-corrected chi connectivity index (χ2v) is 10.5. The zero-order valence-corrected chi connectivity index (χ0v) is 16.5. The van der Waals surface area contributed by atoms with Gasteiger partial charge in [-0.15, -0.1) is 0 Å². The highest BCUT2D eigenvalue weighted by atomic mass is 32.2. The zero-order valence-electron chi connectivity index (χ0n) is 13.3. The number of rotatable bonds is 6. The van der Waals surface area contributed by atoms with Gasteiger partial charge in [-0.05, 0) is 12.8 Å². The Balaban J connectivity index is 2.30. The van der Waals surface area contributed by atoms with Gasteiger partial charge in [-0.2, -0.15) is 47.0 Å². The van der Waals surface area contributed by atoms with Crippen molar-refractivity contribution in [2.45, 2.75) is 62.9 Å². The van der Waals surface area contributed by atoms with Gasteiger partial charge in [0.25, 0.3) is 0 Å². The summed E-state index contributed by atoms with van der Waals surface area (Å²) in [5, 5.41) is 1.83. The Labute approximate surface area is 144 Å². The SMILES string of the molecule is CCCCC1CSCCSCC(CCCC)SCCS1. The fraction of sp³-hybridized carbons (Fsp3) is 1.00. The molecule has 0 aromatic heterocycles. The third-order valence-corrected chi connectivity index (χ3v) is 9.36. The van der Waals surface area contributed by atoms with Gasteiger partial charge in [0, 0.05) is 45.0 Å². The quantitative estimate of drug-likeness (QED) is 0.570. The molecule has 4 heteroatoms. The van der Waals surface area contributed by atoms with Crippen LogP contribution < -0.4 is 0 Å². The molecule has 0 aromatic carbocycles. The fourth-order valence-electron chi connectivity index (χ4n) is 2.27. The zero-order chi connectivity index (χ0) is 14.5. The first-order valence-corrected chi connectivity index (χ1v) is 12.7. The maximum absolute atomic E-state index is 2.32. The molecule has 1 heterocycles. The molecule has 1 rings (SSSR count). The molecule has 0 bridgehead atoms. The van der Waals surface area contributed by atoms with E-state index in [9.17, 15) is 0 Å². The summed E-state index contributed by atoms with van der Waals surface area (Å²) >= 11 is 8.90. The van der Waals surface area contributed by atoms with E-state index in [1.165, 1.54) is 73.0 Å². The molecular weight excluding hydrogens is 320 g/mol. The summed E-state index contributed by atoms with van der Waals surface area (Å²) in [6.07, 6.45) is 8.41. The first kappa shape index (κ1) is 19.4. The van der Waals surface area contributed by atoms with Crippen molar-refractivity contribution in [1.29, 1.82) is 0 Å². The van der Waals surface area contributed by atoms with E-state index >= 15 is 0 Å². The lowest BCUT2D eigenvalue weighted by atomic mass is 10.2. The number of unbranched alkanes of at least 4 members (excludes halogenated alkanes) is 2. The van der Waals surface area contributed by atoms with E-state index < -0.39 is 0 Å². The fourth-order valence-corrected chi connectivity index (χ4v) is 7.86. The molecule has 0 radical (unpaired) electrons. The van der Waals surface area contributed by atoms with Gasteiger partial charge in [-0.25, -0.2) is 0 Å². The van der Waals surface area contributed by atoms with Crippen LogP contribution in [0.4, 0.5) is 0 Å². The topological polar surface area (TPSA) is 0 Å². The number of hydrogen-bond acceptors (Lipinski definition) is 4. The molecule has 0 N–H and O–H groups in total. The Morgan fingerprint density at radius 2 is 1.15 bits per heavy atom. The third-order valence-electron chi connectivity index (χ3n) is 3.53. The van der Waals surface area contributed by atoms with E-state index in [4.69, 9.17) is 0 Å². The second kappa shape index (κ2) is 14.0. The van der Waals surface area contributed by atoms with Gasteiger partial charge in [0.2, 0.25) is 0 Å². The summed E-state index contributed by atoms with van der Waals surface area (Å²) in [5.41, 5.74) is 0. The molecule has 0 amide bonds. The molecule has 120 valence electrons. The van der Waals surface area contributed by atoms with Gasteiger partial charge >= 0.3 is 0 Å². The van der Waals surface area contributed by atoms with E-state index in [0.29, 0.717) is 0 Å². The molecule has 2 unspecified atom stereocenters. The normalized spacial score (nSPS) is 26.7. The van der Waals surface area contributed by atoms with E-state index in [2.05, 4.69) is 60.9 Å². The summed E-state index contributed by atoms with van der Waals surface area (Å²) in [5.74, 6) is 8.22. The minimum absolute atomic E-state index is 0.916. The first-order chi connectivity index (χ1) is 9.86. The van der Waals surface area contributed by atoms with E-state index in [0.717, 1.165) is 10.5 Å². The van der Waals surface area contributed by atoms with Crippen molar-refractivity contribution < 1.29 is 0 Å². The molecule has 1 aliphatic rings. The highest BCUT2D eigenvalue weighted by Gasteiger charge is 2.13. The Kier molecular flexibility index (Phi) is 13.6. The molecule has 0 aliphatic carbocycles. The summed E-state index contributed by atoms with van der Waals surface area (Å²) < 4.78 is 0. The molecule has 20 heavy (non-hydrogen) atoms. The van der Waals surface area contributed by atoms with Crippen molar-refractivity contribution in [3.8, 4) is 0 Å². The summed E-state index contributed by atoms with van der Waals surface area (Å²) in [6.45, 7) is 4.63. The van der Waals surface area contributed by atoms with Crippen LogP contribution in [0.25, 0.3) is 0 Å².